The number of allylic oxidation sites excluding steroid dienone is 2. The predicted molar refractivity (Wildman–Crippen MR) is 77.3 cm³/mol. The van der Waals surface area contributed by atoms with Gasteiger partial charge in [-0.15, -0.1) is 0 Å². The van der Waals surface area contributed by atoms with E-state index in [0.29, 0.717) is 6.42 Å². The van der Waals surface area contributed by atoms with Gasteiger partial charge < -0.3 is 18.9 Å². The lowest BCUT2D eigenvalue weighted by Crippen LogP contribution is -2.55. The predicted octanol–water partition coefficient (Wildman–Crippen LogP) is 3.18. The zero-order valence-corrected chi connectivity index (χ0v) is 13.1. The molecule has 0 aromatic rings. The number of rotatable bonds is 3. The Kier molecular flexibility index (Phi) is 5.02. The molecule has 4 atom stereocenters. The van der Waals surface area contributed by atoms with Crippen molar-refractivity contribution in [3.8, 4) is 0 Å². The smallest absolute Gasteiger partial charge is 0.202 e. The molecule has 2 rings (SSSR count). The third-order valence-corrected chi connectivity index (χ3v) is 3.68. The maximum absolute atomic E-state index is 6.21. The average Bonchev–Trinajstić information content (AvgIpc) is 2.41. The minimum atomic E-state index is -0.742. The summed E-state index contributed by atoms with van der Waals surface area (Å²) in [6.45, 7) is 8.59. The van der Waals surface area contributed by atoms with E-state index in [4.69, 9.17) is 18.9 Å². The first-order chi connectivity index (χ1) is 9.45. The highest BCUT2D eigenvalue weighted by Gasteiger charge is 2.47. The minimum Gasteiger partial charge on any atom is -0.359 e. The lowest BCUT2D eigenvalue weighted by atomic mass is 9.99. The molecule has 0 N–H and O–H groups in total. The molecule has 0 bridgehead atoms. The van der Waals surface area contributed by atoms with Crippen molar-refractivity contribution in [3.63, 3.8) is 0 Å². The Hall–Kier alpha value is -0.680. The van der Waals surface area contributed by atoms with Gasteiger partial charge in [-0.25, -0.2) is 0 Å². The normalized spacial score (nSPS) is 38.4. The van der Waals surface area contributed by atoms with Crippen LogP contribution in [0, 0.1) is 0 Å². The van der Waals surface area contributed by atoms with Crippen molar-refractivity contribution in [1.29, 1.82) is 0 Å². The summed E-state index contributed by atoms with van der Waals surface area (Å²) in [5, 5.41) is 0. The maximum Gasteiger partial charge on any atom is 0.202 e. The van der Waals surface area contributed by atoms with Gasteiger partial charge >= 0.3 is 0 Å². The van der Waals surface area contributed by atoms with Crippen molar-refractivity contribution < 1.29 is 18.9 Å². The summed E-state index contributed by atoms with van der Waals surface area (Å²) in [6.07, 6.45) is 5.91. The Bertz CT molecular complexity index is 389. The van der Waals surface area contributed by atoms with Gasteiger partial charge in [0, 0.05) is 13.5 Å². The van der Waals surface area contributed by atoms with E-state index in [1.807, 2.05) is 0 Å². The molecular weight excluding hydrogens is 256 g/mol. The van der Waals surface area contributed by atoms with E-state index in [2.05, 4.69) is 39.8 Å². The molecule has 1 fully saturated rings. The molecule has 0 amide bonds. The quantitative estimate of drug-likeness (QED) is 0.745. The van der Waals surface area contributed by atoms with Crippen molar-refractivity contribution in [2.75, 3.05) is 13.9 Å². The lowest BCUT2D eigenvalue weighted by molar-refractivity contribution is -0.346. The van der Waals surface area contributed by atoms with Gasteiger partial charge in [-0.2, -0.15) is 0 Å². The van der Waals surface area contributed by atoms with E-state index < -0.39 is 5.79 Å². The Morgan fingerprint density at radius 2 is 1.90 bits per heavy atom. The topological polar surface area (TPSA) is 36.9 Å². The minimum absolute atomic E-state index is 0.159. The molecule has 1 saturated heterocycles. The molecule has 20 heavy (non-hydrogen) atoms. The van der Waals surface area contributed by atoms with Crippen molar-refractivity contribution in [1.82, 2.24) is 0 Å². The molecule has 2 aliphatic rings. The first-order valence-electron chi connectivity index (χ1n) is 7.27. The van der Waals surface area contributed by atoms with Gasteiger partial charge in [-0.3, -0.25) is 0 Å². The molecule has 1 aliphatic heterocycles. The fourth-order valence-corrected chi connectivity index (χ4v) is 3.15. The van der Waals surface area contributed by atoms with Gasteiger partial charge in [-0.1, -0.05) is 17.2 Å². The van der Waals surface area contributed by atoms with Crippen LogP contribution in [-0.2, 0) is 18.9 Å². The second-order valence-electron chi connectivity index (χ2n) is 5.98. The molecule has 0 aromatic carbocycles. The van der Waals surface area contributed by atoms with Gasteiger partial charge in [0.2, 0.25) is 5.79 Å². The van der Waals surface area contributed by atoms with E-state index in [9.17, 15) is 0 Å². The molecule has 1 heterocycles. The van der Waals surface area contributed by atoms with Crippen LogP contribution in [0.2, 0.25) is 0 Å². The highest BCUT2D eigenvalue weighted by molar-refractivity contribution is 5.27. The summed E-state index contributed by atoms with van der Waals surface area (Å²) < 4.78 is 23.3. The van der Waals surface area contributed by atoms with Crippen LogP contribution in [-0.4, -0.2) is 38.0 Å². The van der Waals surface area contributed by atoms with Crippen LogP contribution < -0.4 is 0 Å². The molecule has 0 saturated carbocycles. The van der Waals surface area contributed by atoms with E-state index in [0.717, 1.165) is 6.42 Å². The Morgan fingerprint density at radius 1 is 1.25 bits per heavy atom. The second-order valence-corrected chi connectivity index (χ2v) is 5.98. The van der Waals surface area contributed by atoms with Gasteiger partial charge in [-0.05, 0) is 40.2 Å². The lowest BCUT2D eigenvalue weighted by Gasteiger charge is -2.46. The Morgan fingerprint density at radius 3 is 2.50 bits per heavy atom. The van der Waals surface area contributed by atoms with E-state index in [1.165, 1.54) is 11.1 Å². The Labute approximate surface area is 121 Å². The van der Waals surface area contributed by atoms with Gasteiger partial charge in [0.05, 0.1) is 12.2 Å². The van der Waals surface area contributed by atoms with E-state index >= 15 is 0 Å². The van der Waals surface area contributed by atoms with E-state index in [-0.39, 0.29) is 25.1 Å². The van der Waals surface area contributed by atoms with Crippen LogP contribution in [0.3, 0.4) is 0 Å². The standard InChI is InChI=1S/C16H26O4/c1-11-6-12(2)9-16(15(7-11)18-10-17-5)19-13(3)8-14(4)20-16/h6-7,13-15H,8-10H2,1-5H3/t13-,14+,15-,16?/m1/s1. The third kappa shape index (κ3) is 3.50. The Balaban J connectivity index is 2.31. The molecule has 1 unspecified atom stereocenters. The maximum atomic E-state index is 6.21. The molecule has 4 nitrogen and oxygen atoms in total. The number of methoxy groups -OCH3 is 1. The first kappa shape index (κ1) is 15.7. The van der Waals surface area contributed by atoms with Crippen LogP contribution in [0.4, 0.5) is 0 Å². The largest absolute Gasteiger partial charge is 0.359 e. The fraction of sp³-hybridized carbons (Fsp3) is 0.750. The van der Waals surface area contributed by atoms with Crippen molar-refractivity contribution in [3.05, 3.63) is 23.3 Å². The van der Waals surface area contributed by atoms with Crippen molar-refractivity contribution >= 4 is 0 Å². The average molecular weight is 282 g/mol. The molecular formula is C16H26O4. The van der Waals surface area contributed by atoms with Crippen molar-refractivity contribution in [2.24, 2.45) is 0 Å². The molecule has 1 spiro atoms. The van der Waals surface area contributed by atoms with Crippen LogP contribution in [0.5, 0.6) is 0 Å². The molecule has 1 aliphatic carbocycles. The summed E-state index contributed by atoms with van der Waals surface area (Å²) >= 11 is 0. The number of hydrogen-bond donors (Lipinski definition) is 0. The van der Waals surface area contributed by atoms with E-state index in [1.54, 1.807) is 7.11 Å². The van der Waals surface area contributed by atoms with Gasteiger partial charge in [0.1, 0.15) is 12.9 Å². The molecule has 0 radical (unpaired) electrons. The summed E-state index contributed by atoms with van der Waals surface area (Å²) in [5.41, 5.74) is 2.40. The molecule has 114 valence electrons. The second kappa shape index (κ2) is 6.39. The summed E-state index contributed by atoms with van der Waals surface area (Å²) in [7, 11) is 1.62. The van der Waals surface area contributed by atoms with Crippen LogP contribution >= 0.6 is 0 Å². The van der Waals surface area contributed by atoms with Gasteiger partial charge in [0.25, 0.3) is 0 Å². The molecule has 0 aromatic heterocycles. The summed E-state index contributed by atoms with van der Waals surface area (Å²) in [4.78, 5) is 0. The summed E-state index contributed by atoms with van der Waals surface area (Å²) in [5.74, 6) is -0.742. The zero-order valence-electron chi connectivity index (χ0n) is 13.1. The zero-order chi connectivity index (χ0) is 14.8. The fourth-order valence-electron chi connectivity index (χ4n) is 3.15. The van der Waals surface area contributed by atoms with Crippen LogP contribution in [0.15, 0.2) is 23.3 Å². The van der Waals surface area contributed by atoms with Crippen molar-refractivity contribution in [2.45, 2.75) is 64.6 Å². The first-order valence-corrected chi connectivity index (χ1v) is 7.27. The third-order valence-electron chi connectivity index (χ3n) is 3.68. The highest BCUT2D eigenvalue weighted by atomic mass is 16.7. The monoisotopic (exact) mass is 282 g/mol. The van der Waals surface area contributed by atoms with Gasteiger partial charge in [0.15, 0.2) is 0 Å². The summed E-state index contributed by atoms with van der Waals surface area (Å²) in [6, 6.07) is 0. The molecule has 4 heteroatoms. The van der Waals surface area contributed by atoms with Crippen LogP contribution in [0.25, 0.3) is 0 Å². The van der Waals surface area contributed by atoms with Crippen LogP contribution in [0.1, 0.15) is 40.5 Å². The number of hydrogen-bond acceptors (Lipinski definition) is 4. The number of ether oxygens (including phenoxy) is 4. The SMILES string of the molecule is COCO[C@@H]1C=C(C)C=C(C)CC12O[C@H](C)C[C@H](C)O2. The highest BCUT2D eigenvalue weighted by Crippen LogP contribution is 2.39.